The summed E-state index contributed by atoms with van der Waals surface area (Å²) in [7, 11) is 0. The fraction of sp³-hybridized carbons (Fsp3) is 0.824. The first-order valence-electron chi connectivity index (χ1n) is 8.61. The SMILES string of the molecule is CC(CCC(C)c1nc(C(C)CCS(=O)[O-])no1)OC(=O)C(C)(C)C. The molecule has 0 aliphatic carbocycles. The van der Waals surface area contributed by atoms with Gasteiger partial charge in [-0.1, -0.05) is 30.1 Å². The van der Waals surface area contributed by atoms with Gasteiger partial charge >= 0.3 is 5.97 Å². The van der Waals surface area contributed by atoms with Crippen molar-refractivity contribution in [2.75, 3.05) is 5.75 Å². The zero-order valence-electron chi connectivity index (χ0n) is 15.9. The average Bonchev–Trinajstić information content (AvgIpc) is 2.99. The van der Waals surface area contributed by atoms with Crippen molar-refractivity contribution in [3.05, 3.63) is 11.7 Å². The van der Waals surface area contributed by atoms with Gasteiger partial charge in [0, 0.05) is 17.6 Å². The number of carbonyl (C=O) groups excluding carboxylic acids is 1. The average molecular weight is 373 g/mol. The molecule has 0 bridgehead atoms. The molecule has 1 rings (SSSR count). The molecule has 0 N–H and O–H groups in total. The van der Waals surface area contributed by atoms with Crippen molar-refractivity contribution in [2.45, 2.75) is 78.7 Å². The van der Waals surface area contributed by atoms with Crippen LogP contribution in [0.4, 0.5) is 0 Å². The second-order valence-electron chi connectivity index (χ2n) is 7.63. The third-order valence-corrected chi connectivity index (χ3v) is 4.53. The molecule has 1 heterocycles. The second-order valence-corrected chi connectivity index (χ2v) is 8.65. The zero-order valence-corrected chi connectivity index (χ0v) is 16.7. The molecular formula is C17H29N2O5S-. The molecule has 0 aromatic carbocycles. The number of hydrogen-bond acceptors (Lipinski definition) is 7. The molecule has 8 heteroatoms. The van der Waals surface area contributed by atoms with Crippen LogP contribution in [0.2, 0.25) is 0 Å². The van der Waals surface area contributed by atoms with Gasteiger partial charge < -0.3 is 13.8 Å². The van der Waals surface area contributed by atoms with Crippen LogP contribution < -0.4 is 0 Å². The highest BCUT2D eigenvalue weighted by Crippen LogP contribution is 2.24. The van der Waals surface area contributed by atoms with E-state index in [0.717, 1.165) is 6.42 Å². The summed E-state index contributed by atoms with van der Waals surface area (Å²) in [5.41, 5.74) is -0.509. The smallest absolute Gasteiger partial charge is 0.311 e. The van der Waals surface area contributed by atoms with Gasteiger partial charge in [-0.15, -0.1) is 0 Å². The van der Waals surface area contributed by atoms with Gasteiger partial charge in [0.15, 0.2) is 5.82 Å². The van der Waals surface area contributed by atoms with E-state index in [2.05, 4.69) is 10.1 Å². The van der Waals surface area contributed by atoms with Crippen LogP contribution in [0.5, 0.6) is 0 Å². The summed E-state index contributed by atoms with van der Waals surface area (Å²) in [5, 5.41) is 3.95. The van der Waals surface area contributed by atoms with Crippen molar-refractivity contribution in [1.29, 1.82) is 0 Å². The minimum Gasteiger partial charge on any atom is -0.772 e. The summed E-state index contributed by atoms with van der Waals surface area (Å²) in [5.74, 6) is 0.889. The Hall–Kier alpha value is -1.28. The number of rotatable bonds is 9. The van der Waals surface area contributed by atoms with Gasteiger partial charge in [0.25, 0.3) is 0 Å². The minimum atomic E-state index is -2.06. The van der Waals surface area contributed by atoms with Crippen molar-refractivity contribution in [3.8, 4) is 0 Å². The van der Waals surface area contributed by atoms with E-state index in [4.69, 9.17) is 9.26 Å². The first-order valence-corrected chi connectivity index (χ1v) is 9.85. The van der Waals surface area contributed by atoms with E-state index in [0.29, 0.717) is 24.6 Å². The van der Waals surface area contributed by atoms with Crippen molar-refractivity contribution in [2.24, 2.45) is 5.41 Å². The monoisotopic (exact) mass is 373 g/mol. The lowest BCUT2D eigenvalue weighted by molar-refractivity contribution is -0.158. The molecule has 1 aromatic heterocycles. The van der Waals surface area contributed by atoms with Crippen LogP contribution in [-0.2, 0) is 20.6 Å². The Morgan fingerprint density at radius 2 is 1.84 bits per heavy atom. The fourth-order valence-corrected chi connectivity index (χ4v) is 2.62. The third-order valence-electron chi connectivity index (χ3n) is 3.96. The topological polar surface area (TPSA) is 105 Å². The number of hydrogen-bond donors (Lipinski definition) is 0. The molecule has 0 saturated carbocycles. The van der Waals surface area contributed by atoms with E-state index in [1.807, 2.05) is 41.5 Å². The highest BCUT2D eigenvalue weighted by Gasteiger charge is 2.25. The first-order chi connectivity index (χ1) is 11.5. The Labute approximate surface area is 152 Å². The van der Waals surface area contributed by atoms with E-state index in [1.54, 1.807) is 0 Å². The lowest BCUT2D eigenvalue weighted by atomic mass is 9.97. The molecule has 0 saturated heterocycles. The maximum atomic E-state index is 11.9. The van der Waals surface area contributed by atoms with Crippen molar-refractivity contribution < 1.29 is 22.8 Å². The molecular weight excluding hydrogens is 344 g/mol. The predicted molar refractivity (Wildman–Crippen MR) is 93.8 cm³/mol. The number of aromatic nitrogens is 2. The Kier molecular flexibility index (Phi) is 8.21. The van der Waals surface area contributed by atoms with Gasteiger partial charge in [0.2, 0.25) is 5.89 Å². The molecule has 0 aliphatic heterocycles. The molecule has 1 aromatic rings. The molecule has 4 unspecified atom stereocenters. The summed E-state index contributed by atoms with van der Waals surface area (Å²) in [4.78, 5) is 16.3. The van der Waals surface area contributed by atoms with Crippen LogP contribution in [0, 0.1) is 5.41 Å². The molecule has 0 fully saturated rings. The number of carbonyl (C=O) groups is 1. The Bertz CT molecular complexity index is 582. The predicted octanol–water partition coefficient (Wildman–Crippen LogP) is 3.30. The summed E-state index contributed by atoms with van der Waals surface area (Å²) < 4.78 is 32.0. The highest BCUT2D eigenvalue weighted by molar-refractivity contribution is 7.79. The van der Waals surface area contributed by atoms with Crippen LogP contribution in [0.3, 0.4) is 0 Å². The van der Waals surface area contributed by atoms with Gasteiger partial charge in [-0.2, -0.15) is 4.98 Å². The molecule has 0 radical (unpaired) electrons. The first kappa shape index (κ1) is 21.8. The largest absolute Gasteiger partial charge is 0.772 e. The summed E-state index contributed by atoms with van der Waals surface area (Å²) in [6, 6.07) is 0. The molecule has 0 aliphatic rings. The van der Waals surface area contributed by atoms with Crippen molar-refractivity contribution >= 4 is 17.0 Å². The Morgan fingerprint density at radius 1 is 1.20 bits per heavy atom. The van der Waals surface area contributed by atoms with Crippen LogP contribution in [0.1, 0.15) is 84.4 Å². The molecule has 25 heavy (non-hydrogen) atoms. The maximum absolute atomic E-state index is 11.9. The maximum Gasteiger partial charge on any atom is 0.311 e. The van der Waals surface area contributed by atoms with Crippen LogP contribution in [0.15, 0.2) is 4.52 Å². The summed E-state index contributed by atoms with van der Waals surface area (Å²) in [6.07, 6.45) is 1.73. The Balaban J connectivity index is 2.49. The van der Waals surface area contributed by atoms with E-state index in [9.17, 15) is 13.6 Å². The Morgan fingerprint density at radius 3 is 2.40 bits per heavy atom. The summed E-state index contributed by atoms with van der Waals surface area (Å²) in [6.45, 7) is 11.2. The zero-order chi connectivity index (χ0) is 19.2. The lowest BCUT2D eigenvalue weighted by Gasteiger charge is -2.21. The third kappa shape index (κ3) is 7.64. The normalized spacial score (nSPS) is 16.9. The minimum absolute atomic E-state index is 0.0397. The highest BCUT2D eigenvalue weighted by atomic mass is 32.2. The second kappa shape index (κ2) is 9.43. The quantitative estimate of drug-likeness (QED) is 0.483. The van der Waals surface area contributed by atoms with E-state index >= 15 is 0 Å². The number of ether oxygens (including phenoxy) is 1. The fourth-order valence-electron chi connectivity index (χ4n) is 2.08. The van der Waals surface area contributed by atoms with Crippen molar-refractivity contribution in [3.63, 3.8) is 0 Å². The molecule has 144 valence electrons. The molecule has 0 spiro atoms. The molecule has 4 atom stereocenters. The van der Waals surface area contributed by atoms with E-state index in [1.165, 1.54) is 0 Å². The summed E-state index contributed by atoms with van der Waals surface area (Å²) >= 11 is -2.06. The van der Waals surface area contributed by atoms with E-state index in [-0.39, 0.29) is 29.7 Å². The van der Waals surface area contributed by atoms with Gasteiger partial charge in [-0.25, -0.2) is 0 Å². The van der Waals surface area contributed by atoms with Gasteiger partial charge in [-0.05, 0) is 47.0 Å². The van der Waals surface area contributed by atoms with Crippen molar-refractivity contribution in [1.82, 2.24) is 10.1 Å². The molecule has 0 amide bonds. The standard InChI is InChI=1S/C17H30N2O5S/c1-11(9-10-25(21)22)14-18-15(24-19-14)12(2)7-8-13(3)23-16(20)17(4,5)6/h11-13H,7-10H2,1-6H3,(H,21,22)/p-1. The van der Waals surface area contributed by atoms with Gasteiger partial charge in [0.1, 0.15) is 0 Å². The van der Waals surface area contributed by atoms with Crippen LogP contribution in [-0.4, -0.2) is 36.7 Å². The molecule has 7 nitrogen and oxygen atoms in total. The number of nitrogens with zero attached hydrogens (tertiary/aromatic N) is 2. The van der Waals surface area contributed by atoms with Gasteiger partial charge in [0.05, 0.1) is 11.5 Å². The van der Waals surface area contributed by atoms with E-state index < -0.39 is 16.5 Å². The number of esters is 1. The van der Waals surface area contributed by atoms with Gasteiger partial charge in [-0.3, -0.25) is 9.00 Å². The van der Waals surface area contributed by atoms with Crippen LogP contribution in [0.25, 0.3) is 0 Å². The van der Waals surface area contributed by atoms with Crippen LogP contribution >= 0.6 is 0 Å². The lowest BCUT2D eigenvalue weighted by Crippen LogP contribution is -2.27.